The third-order valence-electron chi connectivity index (χ3n) is 2.14. The first kappa shape index (κ1) is 11.4. The van der Waals surface area contributed by atoms with Crippen molar-refractivity contribution in [2.75, 3.05) is 5.75 Å². The molecule has 2 aromatic rings. The molecule has 0 bridgehead atoms. The largest absolute Gasteiger partial charge is 0.457 e. The van der Waals surface area contributed by atoms with Crippen LogP contribution in [0.5, 0.6) is 0 Å². The minimum atomic E-state index is 0.705. The first-order valence-corrected chi connectivity index (χ1v) is 5.94. The Morgan fingerprint density at radius 2 is 1.88 bits per heavy atom. The monoisotopic (exact) mass is 250 g/mol. The lowest BCUT2D eigenvalue weighted by atomic mass is 10.2. The average Bonchev–Trinajstić information content (AvgIpc) is 2.76. The van der Waals surface area contributed by atoms with Gasteiger partial charge in [-0.1, -0.05) is 17.7 Å². The van der Waals surface area contributed by atoms with Crippen LogP contribution in [0.25, 0.3) is 17.4 Å². The standard InChI is InChI=1S/C13H11ClOS/c14-11-5-3-10(4-6-11)13-8-7-12(15-13)2-1-9-16/h1-8,16H,9H2. The highest BCUT2D eigenvalue weighted by atomic mass is 35.5. The van der Waals surface area contributed by atoms with Crippen molar-refractivity contribution >= 4 is 30.3 Å². The summed E-state index contributed by atoms with van der Waals surface area (Å²) >= 11 is 9.92. The van der Waals surface area contributed by atoms with E-state index in [4.69, 9.17) is 16.0 Å². The van der Waals surface area contributed by atoms with Crippen molar-refractivity contribution in [3.8, 4) is 11.3 Å². The van der Waals surface area contributed by atoms with Gasteiger partial charge in [-0.2, -0.15) is 12.6 Å². The van der Waals surface area contributed by atoms with Gasteiger partial charge < -0.3 is 4.42 Å². The zero-order valence-electron chi connectivity index (χ0n) is 8.56. The van der Waals surface area contributed by atoms with Crippen LogP contribution in [-0.4, -0.2) is 5.75 Å². The van der Waals surface area contributed by atoms with Gasteiger partial charge in [-0.15, -0.1) is 0 Å². The molecule has 1 aromatic heterocycles. The minimum Gasteiger partial charge on any atom is -0.457 e. The summed E-state index contributed by atoms with van der Waals surface area (Å²) in [6.07, 6.45) is 3.85. The van der Waals surface area contributed by atoms with E-state index in [1.165, 1.54) is 0 Å². The number of halogens is 1. The van der Waals surface area contributed by atoms with Gasteiger partial charge in [-0.3, -0.25) is 0 Å². The molecule has 2 rings (SSSR count). The number of hydrogen-bond donors (Lipinski definition) is 1. The topological polar surface area (TPSA) is 13.1 Å². The Bertz CT molecular complexity index is 485. The molecule has 1 nitrogen and oxygen atoms in total. The molecular weight excluding hydrogens is 240 g/mol. The van der Waals surface area contributed by atoms with E-state index < -0.39 is 0 Å². The van der Waals surface area contributed by atoms with E-state index in [2.05, 4.69) is 12.6 Å². The molecule has 1 aromatic carbocycles. The van der Waals surface area contributed by atoms with Gasteiger partial charge in [0.15, 0.2) is 0 Å². The van der Waals surface area contributed by atoms with Gasteiger partial charge in [0.05, 0.1) is 0 Å². The van der Waals surface area contributed by atoms with Crippen LogP contribution in [0.2, 0.25) is 5.02 Å². The number of benzene rings is 1. The molecule has 0 N–H and O–H groups in total. The molecular formula is C13H11ClOS. The van der Waals surface area contributed by atoms with E-state index in [0.717, 1.165) is 22.1 Å². The highest BCUT2D eigenvalue weighted by Gasteiger charge is 2.02. The van der Waals surface area contributed by atoms with Gasteiger partial charge >= 0.3 is 0 Å². The molecule has 0 saturated heterocycles. The van der Waals surface area contributed by atoms with Crippen LogP contribution in [0.4, 0.5) is 0 Å². The van der Waals surface area contributed by atoms with E-state index in [1.807, 2.05) is 48.6 Å². The molecule has 0 atom stereocenters. The number of thiol groups is 1. The molecule has 82 valence electrons. The highest BCUT2D eigenvalue weighted by molar-refractivity contribution is 7.80. The first-order chi connectivity index (χ1) is 7.79. The normalized spacial score (nSPS) is 11.1. The molecule has 16 heavy (non-hydrogen) atoms. The van der Waals surface area contributed by atoms with E-state index >= 15 is 0 Å². The first-order valence-electron chi connectivity index (χ1n) is 4.93. The summed E-state index contributed by atoms with van der Waals surface area (Å²) < 4.78 is 5.65. The van der Waals surface area contributed by atoms with Crippen LogP contribution in [0.15, 0.2) is 46.9 Å². The summed E-state index contributed by atoms with van der Waals surface area (Å²) in [6.45, 7) is 0. The van der Waals surface area contributed by atoms with Gasteiger partial charge in [0.25, 0.3) is 0 Å². The fourth-order valence-corrected chi connectivity index (χ4v) is 1.61. The minimum absolute atomic E-state index is 0.705. The summed E-state index contributed by atoms with van der Waals surface area (Å²) in [5.41, 5.74) is 1.02. The van der Waals surface area contributed by atoms with Crippen molar-refractivity contribution in [2.45, 2.75) is 0 Å². The molecule has 1 heterocycles. The van der Waals surface area contributed by atoms with E-state index in [-0.39, 0.29) is 0 Å². The summed E-state index contributed by atoms with van der Waals surface area (Å²) in [4.78, 5) is 0. The quantitative estimate of drug-likeness (QED) is 0.789. The Kier molecular flexibility index (Phi) is 3.75. The Morgan fingerprint density at radius 1 is 1.12 bits per heavy atom. The lowest BCUT2D eigenvalue weighted by Crippen LogP contribution is -1.72. The van der Waals surface area contributed by atoms with Crippen molar-refractivity contribution in [3.63, 3.8) is 0 Å². The highest BCUT2D eigenvalue weighted by Crippen LogP contribution is 2.24. The van der Waals surface area contributed by atoms with Gasteiger partial charge in [0.2, 0.25) is 0 Å². The number of rotatable bonds is 3. The van der Waals surface area contributed by atoms with Crippen molar-refractivity contribution in [3.05, 3.63) is 53.3 Å². The van der Waals surface area contributed by atoms with Gasteiger partial charge in [0.1, 0.15) is 11.5 Å². The van der Waals surface area contributed by atoms with Crippen LogP contribution in [0, 0.1) is 0 Å². The van der Waals surface area contributed by atoms with Crippen LogP contribution < -0.4 is 0 Å². The molecule has 0 saturated carbocycles. The molecule has 0 aliphatic rings. The third-order valence-corrected chi connectivity index (χ3v) is 2.61. The number of furan rings is 1. The van der Waals surface area contributed by atoms with E-state index in [9.17, 15) is 0 Å². The van der Waals surface area contributed by atoms with Crippen molar-refractivity contribution in [2.24, 2.45) is 0 Å². The summed E-state index contributed by atoms with van der Waals surface area (Å²) in [7, 11) is 0. The van der Waals surface area contributed by atoms with Gasteiger partial charge in [-0.25, -0.2) is 0 Å². The predicted octanol–water partition coefficient (Wildman–Crippen LogP) is 4.54. The smallest absolute Gasteiger partial charge is 0.134 e. The van der Waals surface area contributed by atoms with Crippen LogP contribution in [-0.2, 0) is 0 Å². The van der Waals surface area contributed by atoms with Gasteiger partial charge in [0, 0.05) is 16.3 Å². The van der Waals surface area contributed by atoms with Crippen molar-refractivity contribution < 1.29 is 4.42 Å². The number of hydrogen-bond acceptors (Lipinski definition) is 2. The molecule has 0 aliphatic heterocycles. The maximum atomic E-state index is 5.82. The average molecular weight is 251 g/mol. The second-order valence-electron chi connectivity index (χ2n) is 3.29. The maximum absolute atomic E-state index is 5.82. The molecule has 0 fully saturated rings. The van der Waals surface area contributed by atoms with Crippen LogP contribution in [0.1, 0.15) is 5.76 Å². The summed E-state index contributed by atoms with van der Waals surface area (Å²) in [5.74, 6) is 2.38. The van der Waals surface area contributed by atoms with E-state index in [0.29, 0.717) is 5.75 Å². The molecule has 0 amide bonds. The lowest BCUT2D eigenvalue weighted by molar-refractivity contribution is 0.572. The Morgan fingerprint density at radius 3 is 2.56 bits per heavy atom. The zero-order valence-corrected chi connectivity index (χ0v) is 10.2. The summed E-state index contributed by atoms with van der Waals surface area (Å²) in [6, 6.07) is 11.5. The fraction of sp³-hybridized carbons (Fsp3) is 0.0769. The predicted molar refractivity (Wildman–Crippen MR) is 72.0 cm³/mol. The Hall–Kier alpha value is -1.12. The Balaban J connectivity index is 2.24. The molecule has 3 heteroatoms. The van der Waals surface area contributed by atoms with Gasteiger partial charge in [-0.05, 0) is 42.5 Å². The van der Waals surface area contributed by atoms with Crippen LogP contribution in [0.3, 0.4) is 0 Å². The maximum Gasteiger partial charge on any atom is 0.134 e. The van der Waals surface area contributed by atoms with Crippen molar-refractivity contribution in [1.29, 1.82) is 0 Å². The molecule has 0 aliphatic carbocycles. The third kappa shape index (κ3) is 2.71. The van der Waals surface area contributed by atoms with E-state index in [1.54, 1.807) is 0 Å². The second-order valence-corrected chi connectivity index (χ2v) is 4.10. The second kappa shape index (κ2) is 5.28. The van der Waals surface area contributed by atoms with Crippen LogP contribution >= 0.6 is 24.2 Å². The molecule has 0 unspecified atom stereocenters. The lowest BCUT2D eigenvalue weighted by Gasteiger charge is -1.96. The Labute approximate surface area is 105 Å². The fourth-order valence-electron chi connectivity index (χ4n) is 1.38. The summed E-state index contributed by atoms with van der Waals surface area (Å²) in [5, 5.41) is 0.727. The van der Waals surface area contributed by atoms with Crippen molar-refractivity contribution in [1.82, 2.24) is 0 Å². The SMILES string of the molecule is SCC=Cc1ccc(-c2ccc(Cl)cc2)o1. The molecule has 0 radical (unpaired) electrons. The molecule has 0 spiro atoms. The zero-order chi connectivity index (χ0) is 11.4.